The van der Waals surface area contributed by atoms with Gasteiger partial charge >= 0.3 is 5.97 Å². The standard InChI is InChI=1S/C71H117N2O7P/c1-7-10-13-16-19-22-25-27-29-31-33-35-36-38-39-41-43-45-48-51-54-57-60-63-70(74)72-68(67-79-81(76,77)78-66-65-73(4,5)6)69(62-59-56-53-50-47-24-21-18-15-12-9-3)80-71(75)64-61-58-55-52-49-46-44-42-40-37-34-32-30-28-26-23-20-17-14-11-8-2/h10-11,13-14,19-20,22-23,27-30,33-35,37-39,42-45,49,52,59,62,68-69H,7-9,12,15-18,21,24-26,31-32,36,40-41,46-48,50-51,53-58,60-61,63-67H2,1-6H3,(H-,72,74,76,77)/b13-10-,14-11-,22-19-,23-20-,29-27-,30-28-,35-33-,37-34-,39-38-,44-42-,45-43-,52-49-,62-59+. The molecule has 0 fully saturated rings. The van der Waals surface area contributed by atoms with Crippen LogP contribution in [0.1, 0.15) is 226 Å². The summed E-state index contributed by atoms with van der Waals surface area (Å²) in [7, 11) is 1.11. The monoisotopic (exact) mass is 1140 g/mol. The zero-order chi connectivity index (χ0) is 59.3. The molecule has 0 spiro atoms. The summed E-state index contributed by atoms with van der Waals surface area (Å²) < 4.78 is 30.3. The molecule has 10 heteroatoms. The van der Waals surface area contributed by atoms with Gasteiger partial charge < -0.3 is 28.5 Å². The van der Waals surface area contributed by atoms with Crippen molar-refractivity contribution in [1.29, 1.82) is 0 Å². The van der Waals surface area contributed by atoms with Gasteiger partial charge in [-0.05, 0) is 134 Å². The van der Waals surface area contributed by atoms with Crippen LogP contribution in [0.4, 0.5) is 0 Å². The maximum atomic E-state index is 13.5. The molecule has 0 aromatic carbocycles. The number of nitrogens with one attached hydrogen (secondary N) is 1. The van der Waals surface area contributed by atoms with Crippen LogP contribution in [0.2, 0.25) is 0 Å². The fraction of sp³-hybridized carbons (Fsp3) is 0.606. The van der Waals surface area contributed by atoms with Gasteiger partial charge in [0.1, 0.15) is 19.3 Å². The van der Waals surface area contributed by atoms with E-state index in [0.717, 1.165) is 135 Å². The number of hydrogen-bond acceptors (Lipinski definition) is 7. The van der Waals surface area contributed by atoms with Crippen LogP contribution >= 0.6 is 7.82 Å². The highest BCUT2D eigenvalue weighted by Gasteiger charge is 2.27. The van der Waals surface area contributed by atoms with Crippen LogP contribution in [0.25, 0.3) is 0 Å². The number of hydrogen-bond donors (Lipinski definition) is 1. The van der Waals surface area contributed by atoms with E-state index >= 15 is 0 Å². The van der Waals surface area contributed by atoms with E-state index in [1.54, 1.807) is 6.08 Å². The molecule has 0 heterocycles. The van der Waals surface area contributed by atoms with E-state index in [1.807, 2.05) is 27.2 Å². The Hall–Kier alpha value is -4.37. The lowest BCUT2D eigenvalue weighted by Crippen LogP contribution is -2.47. The minimum Gasteiger partial charge on any atom is -0.756 e. The summed E-state index contributed by atoms with van der Waals surface area (Å²) in [5.41, 5.74) is 0. The van der Waals surface area contributed by atoms with E-state index in [0.29, 0.717) is 23.9 Å². The molecule has 1 N–H and O–H groups in total. The summed E-state index contributed by atoms with van der Waals surface area (Å²) in [4.78, 5) is 40.0. The number of quaternary nitrogens is 1. The maximum Gasteiger partial charge on any atom is 0.306 e. The molecule has 3 atom stereocenters. The second-order valence-electron chi connectivity index (χ2n) is 21.8. The number of phosphoric acid groups is 1. The average Bonchev–Trinajstić information content (AvgIpc) is 3.43. The number of carbonyl (C=O) groups excluding carboxylic acids is 2. The van der Waals surface area contributed by atoms with Crippen molar-refractivity contribution in [2.24, 2.45) is 0 Å². The molecule has 0 aliphatic carbocycles. The predicted octanol–water partition coefficient (Wildman–Crippen LogP) is 19.4. The van der Waals surface area contributed by atoms with Crippen molar-refractivity contribution in [3.05, 3.63) is 158 Å². The summed E-state index contributed by atoms with van der Waals surface area (Å²) in [5.74, 6) is -0.636. The molecule has 0 radical (unpaired) electrons. The summed E-state index contributed by atoms with van der Waals surface area (Å²) in [6.07, 6.45) is 86.5. The number of amides is 1. The molecule has 0 aliphatic heterocycles. The first-order valence-electron chi connectivity index (χ1n) is 31.8. The van der Waals surface area contributed by atoms with Crippen LogP contribution in [0, 0.1) is 0 Å². The number of esters is 1. The third-order valence-corrected chi connectivity index (χ3v) is 13.9. The van der Waals surface area contributed by atoms with Gasteiger partial charge in [0, 0.05) is 12.8 Å². The number of unbranched alkanes of at least 4 members (excludes halogenated alkanes) is 15. The third kappa shape index (κ3) is 60.1. The number of nitrogens with zero attached hydrogens (tertiary/aromatic N) is 1. The molecule has 0 saturated heterocycles. The number of phosphoric ester groups is 1. The van der Waals surface area contributed by atoms with Crippen molar-refractivity contribution in [3.8, 4) is 0 Å². The molecule has 9 nitrogen and oxygen atoms in total. The van der Waals surface area contributed by atoms with Gasteiger partial charge in [0.25, 0.3) is 7.82 Å². The predicted molar refractivity (Wildman–Crippen MR) is 348 cm³/mol. The largest absolute Gasteiger partial charge is 0.756 e. The molecule has 458 valence electrons. The van der Waals surface area contributed by atoms with E-state index in [9.17, 15) is 19.0 Å². The van der Waals surface area contributed by atoms with Crippen LogP contribution < -0.4 is 10.2 Å². The molecular formula is C71H117N2O7P. The lowest BCUT2D eigenvalue weighted by molar-refractivity contribution is -0.870. The molecule has 0 aromatic heterocycles. The minimum absolute atomic E-state index is 0.0446. The maximum absolute atomic E-state index is 13.5. The topological polar surface area (TPSA) is 114 Å². The van der Waals surface area contributed by atoms with Gasteiger partial charge in [0.2, 0.25) is 5.91 Å². The van der Waals surface area contributed by atoms with Crippen molar-refractivity contribution in [1.82, 2.24) is 5.32 Å². The Morgan fingerprint density at radius 3 is 1.20 bits per heavy atom. The number of rotatable bonds is 55. The first-order chi connectivity index (χ1) is 39.4. The van der Waals surface area contributed by atoms with Gasteiger partial charge in [-0.25, -0.2) is 0 Å². The van der Waals surface area contributed by atoms with E-state index in [2.05, 4.69) is 172 Å². The van der Waals surface area contributed by atoms with Crippen LogP contribution in [0.5, 0.6) is 0 Å². The van der Waals surface area contributed by atoms with Gasteiger partial charge in [0.05, 0.1) is 33.8 Å². The summed E-state index contributed by atoms with van der Waals surface area (Å²) in [6.45, 7) is 6.53. The molecule has 0 aromatic rings. The summed E-state index contributed by atoms with van der Waals surface area (Å²) in [6, 6.07) is -0.933. The molecule has 81 heavy (non-hydrogen) atoms. The van der Waals surface area contributed by atoms with Gasteiger partial charge in [-0.15, -0.1) is 0 Å². The number of likely N-dealkylation sites (N-methyl/N-ethyl adjacent to an activating group) is 1. The van der Waals surface area contributed by atoms with Crippen LogP contribution in [-0.2, 0) is 27.9 Å². The SMILES string of the molecule is CC/C=C\C/C=C\C/C=C\C/C=C\C/C=C\C/C=C\CCCCCCC(=O)NC(COP(=O)([O-])OCC[N+](C)(C)C)C(/C=C/CCCCCCCCCCC)OC(=O)CCCC/C=C\C/C=C\C/C=C\C/C=C\C/C=C\C/C=C\CC. The average molecular weight is 1140 g/mol. The van der Waals surface area contributed by atoms with Gasteiger partial charge in [-0.1, -0.05) is 237 Å². The molecule has 0 bridgehead atoms. The minimum atomic E-state index is -4.73. The zero-order valence-electron chi connectivity index (χ0n) is 52.2. The fourth-order valence-corrected chi connectivity index (χ4v) is 8.84. The van der Waals surface area contributed by atoms with Crippen molar-refractivity contribution in [2.45, 2.75) is 238 Å². The number of carbonyl (C=O) groups is 2. The van der Waals surface area contributed by atoms with Crippen LogP contribution in [-0.4, -0.2) is 69.4 Å². The van der Waals surface area contributed by atoms with Gasteiger partial charge in [0.15, 0.2) is 0 Å². The fourth-order valence-electron chi connectivity index (χ4n) is 8.11. The van der Waals surface area contributed by atoms with Crippen LogP contribution in [0.15, 0.2) is 158 Å². The van der Waals surface area contributed by atoms with Gasteiger partial charge in [-0.3, -0.25) is 14.2 Å². The molecular weight excluding hydrogens is 1020 g/mol. The van der Waals surface area contributed by atoms with Crippen LogP contribution in [0.3, 0.4) is 0 Å². The first-order valence-corrected chi connectivity index (χ1v) is 33.3. The van der Waals surface area contributed by atoms with Crippen molar-refractivity contribution in [2.75, 3.05) is 40.9 Å². The number of allylic oxidation sites excluding steroid dienone is 25. The Bertz CT molecular complexity index is 1940. The van der Waals surface area contributed by atoms with E-state index in [4.69, 9.17) is 13.8 Å². The highest BCUT2D eigenvalue weighted by molar-refractivity contribution is 7.45. The first kappa shape index (κ1) is 76.6. The van der Waals surface area contributed by atoms with Crippen molar-refractivity contribution in [3.63, 3.8) is 0 Å². The highest BCUT2D eigenvalue weighted by atomic mass is 31.2. The third-order valence-electron chi connectivity index (χ3n) is 13.0. The second-order valence-corrected chi connectivity index (χ2v) is 23.2. The van der Waals surface area contributed by atoms with Crippen molar-refractivity contribution >= 4 is 19.7 Å². The normalized spacial score (nSPS) is 14.7. The number of ether oxygens (including phenoxy) is 1. The van der Waals surface area contributed by atoms with Gasteiger partial charge in [-0.2, -0.15) is 0 Å². The quantitative estimate of drug-likeness (QED) is 0.0212. The Kier molecular flexibility index (Phi) is 55.6. The summed E-state index contributed by atoms with van der Waals surface area (Å²) >= 11 is 0. The Labute approximate surface area is 497 Å². The Balaban J connectivity index is 5.34. The summed E-state index contributed by atoms with van der Waals surface area (Å²) in [5, 5.41) is 3.00. The highest BCUT2D eigenvalue weighted by Crippen LogP contribution is 2.38. The molecule has 0 saturated carbocycles. The lowest BCUT2D eigenvalue weighted by Gasteiger charge is -2.30. The molecule has 3 unspecified atom stereocenters. The molecule has 0 aliphatic rings. The van der Waals surface area contributed by atoms with E-state index < -0.39 is 32.5 Å². The van der Waals surface area contributed by atoms with E-state index in [1.165, 1.54) is 44.9 Å². The second kappa shape index (κ2) is 58.8. The molecule has 0 rings (SSSR count). The Morgan fingerprint density at radius 1 is 0.444 bits per heavy atom. The van der Waals surface area contributed by atoms with E-state index in [-0.39, 0.29) is 25.4 Å². The lowest BCUT2D eigenvalue weighted by atomic mass is 10.1. The smallest absolute Gasteiger partial charge is 0.306 e. The Morgan fingerprint density at radius 2 is 0.790 bits per heavy atom. The van der Waals surface area contributed by atoms with Crippen molar-refractivity contribution < 1.29 is 37.3 Å². The zero-order valence-corrected chi connectivity index (χ0v) is 53.1. The molecule has 1 amide bonds.